The first-order chi connectivity index (χ1) is 9.49. The predicted molar refractivity (Wildman–Crippen MR) is 72.2 cm³/mol. The highest BCUT2D eigenvalue weighted by Crippen LogP contribution is 2.37. The Kier molecular flexibility index (Phi) is 6.03. The zero-order chi connectivity index (χ0) is 16.3. The summed E-state index contributed by atoms with van der Waals surface area (Å²) >= 11 is 0. The molecule has 0 bridgehead atoms. The summed E-state index contributed by atoms with van der Waals surface area (Å²) in [6.07, 6.45) is -2.62. The maximum absolute atomic E-state index is 12.5. The van der Waals surface area contributed by atoms with Gasteiger partial charge in [0.05, 0.1) is 17.7 Å². The van der Waals surface area contributed by atoms with E-state index in [1.807, 2.05) is 0 Å². The van der Waals surface area contributed by atoms with Gasteiger partial charge in [0.2, 0.25) is 5.91 Å². The molecule has 1 atom stereocenters. The van der Waals surface area contributed by atoms with Crippen molar-refractivity contribution in [1.29, 1.82) is 0 Å². The fraction of sp³-hybridized carbons (Fsp3) is 0.917. The van der Waals surface area contributed by atoms with E-state index in [0.717, 1.165) is 6.26 Å². The van der Waals surface area contributed by atoms with E-state index in [-0.39, 0.29) is 43.9 Å². The largest absolute Gasteiger partial charge is 0.391 e. The van der Waals surface area contributed by atoms with Crippen molar-refractivity contribution in [2.75, 3.05) is 12.0 Å². The lowest BCUT2D eigenvalue weighted by molar-refractivity contribution is -0.182. The highest BCUT2D eigenvalue weighted by molar-refractivity contribution is 7.90. The summed E-state index contributed by atoms with van der Waals surface area (Å²) in [4.78, 5) is 11.8. The molecule has 1 saturated carbocycles. The Morgan fingerprint density at radius 2 is 1.81 bits per heavy atom. The number of nitrogens with one attached hydrogen (secondary N) is 1. The third kappa shape index (κ3) is 6.64. The Labute approximate surface area is 122 Å². The van der Waals surface area contributed by atoms with Crippen LogP contribution in [0.4, 0.5) is 13.2 Å². The van der Waals surface area contributed by atoms with Crippen molar-refractivity contribution < 1.29 is 26.4 Å². The van der Waals surface area contributed by atoms with Crippen LogP contribution in [0.1, 0.15) is 32.1 Å². The Balaban J connectivity index is 2.36. The third-order valence-electron chi connectivity index (χ3n) is 3.67. The van der Waals surface area contributed by atoms with Gasteiger partial charge < -0.3 is 11.1 Å². The molecule has 1 fully saturated rings. The zero-order valence-electron chi connectivity index (χ0n) is 11.8. The Morgan fingerprint density at radius 3 is 2.24 bits per heavy atom. The third-order valence-corrected chi connectivity index (χ3v) is 4.65. The molecule has 1 aliphatic rings. The van der Waals surface area contributed by atoms with Gasteiger partial charge >= 0.3 is 6.18 Å². The molecular weight excluding hydrogens is 309 g/mol. The number of carbonyl (C=O) groups is 1. The molecule has 1 amide bonds. The molecule has 0 saturated heterocycles. The molecule has 0 aliphatic heterocycles. The molecule has 0 spiro atoms. The molecule has 3 N–H and O–H groups in total. The van der Waals surface area contributed by atoms with Crippen LogP contribution in [0.3, 0.4) is 0 Å². The van der Waals surface area contributed by atoms with Crippen LogP contribution in [0.15, 0.2) is 0 Å². The molecule has 1 aliphatic carbocycles. The maximum Gasteiger partial charge on any atom is 0.391 e. The highest BCUT2D eigenvalue weighted by atomic mass is 32.2. The van der Waals surface area contributed by atoms with Crippen molar-refractivity contribution in [2.45, 2.75) is 50.4 Å². The number of sulfone groups is 1. The van der Waals surface area contributed by atoms with E-state index in [2.05, 4.69) is 5.32 Å². The van der Waals surface area contributed by atoms with Gasteiger partial charge in [0.25, 0.3) is 0 Å². The molecule has 124 valence electrons. The lowest BCUT2D eigenvalue weighted by Crippen LogP contribution is -2.47. The number of hydrogen-bond donors (Lipinski definition) is 2. The van der Waals surface area contributed by atoms with E-state index in [9.17, 15) is 26.4 Å². The first kappa shape index (κ1) is 18.2. The summed E-state index contributed by atoms with van der Waals surface area (Å²) in [7, 11) is -3.19. The van der Waals surface area contributed by atoms with Gasteiger partial charge in [-0.3, -0.25) is 4.79 Å². The Morgan fingerprint density at radius 1 is 1.29 bits per heavy atom. The lowest BCUT2D eigenvalue weighted by Gasteiger charge is -2.30. The molecule has 1 rings (SSSR count). The van der Waals surface area contributed by atoms with Crippen molar-refractivity contribution in [3.63, 3.8) is 0 Å². The molecule has 0 aromatic heterocycles. The minimum atomic E-state index is -4.18. The monoisotopic (exact) mass is 330 g/mol. The summed E-state index contributed by atoms with van der Waals surface area (Å²) in [6, 6.07) is -1.28. The Bertz CT molecular complexity index is 457. The number of hydrogen-bond acceptors (Lipinski definition) is 4. The van der Waals surface area contributed by atoms with E-state index in [1.165, 1.54) is 0 Å². The summed E-state index contributed by atoms with van der Waals surface area (Å²) in [5, 5.41) is 2.60. The number of rotatable bonds is 5. The van der Waals surface area contributed by atoms with Crippen molar-refractivity contribution >= 4 is 15.7 Å². The number of amides is 1. The number of halogens is 3. The van der Waals surface area contributed by atoms with E-state index in [1.54, 1.807) is 0 Å². The molecule has 0 radical (unpaired) electrons. The summed E-state index contributed by atoms with van der Waals surface area (Å²) in [5.41, 5.74) is 5.58. The average Bonchev–Trinajstić information content (AvgIpc) is 2.34. The molecule has 21 heavy (non-hydrogen) atoms. The van der Waals surface area contributed by atoms with Gasteiger partial charge in [-0.1, -0.05) is 0 Å². The van der Waals surface area contributed by atoms with E-state index >= 15 is 0 Å². The Hall–Kier alpha value is -0.830. The number of nitrogens with two attached hydrogens (primary N) is 1. The topological polar surface area (TPSA) is 89.3 Å². The first-order valence-electron chi connectivity index (χ1n) is 6.79. The molecule has 5 nitrogen and oxygen atoms in total. The van der Waals surface area contributed by atoms with Crippen LogP contribution in [0, 0.1) is 5.92 Å². The van der Waals surface area contributed by atoms with Gasteiger partial charge in [-0.05, 0) is 32.1 Å². The normalized spacial score (nSPS) is 25.4. The minimum Gasteiger partial charge on any atom is -0.352 e. The molecule has 0 heterocycles. The van der Waals surface area contributed by atoms with Crippen LogP contribution in [0.25, 0.3) is 0 Å². The van der Waals surface area contributed by atoms with Gasteiger partial charge in [-0.25, -0.2) is 8.42 Å². The van der Waals surface area contributed by atoms with Crippen molar-refractivity contribution in [3.8, 4) is 0 Å². The minimum absolute atomic E-state index is 0.00254. The van der Waals surface area contributed by atoms with Gasteiger partial charge in [-0.15, -0.1) is 0 Å². The molecule has 1 unspecified atom stereocenters. The van der Waals surface area contributed by atoms with Gasteiger partial charge in [0.15, 0.2) is 0 Å². The van der Waals surface area contributed by atoms with E-state index in [0.29, 0.717) is 0 Å². The van der Waals surface area contributed by atoms with Gasteiger partial charge in [0, 0.05) is 12.3 Å². The smallest absolute Gasteiger partial charge is 0.352 e. The van der Waals surface area contributed by atoms with E-state index in [4.69, 9.17) is 5.73 Å². The van der Waals surface area contributed by atoms with Crippen molar-refractivity contribution in [1.82, 2.24) is 5.32 Å². The molecular formula is C12H21F3N2O3S. The highest BCUT2D eigenvalue weighted by Gasteiger charge is 2.41. The number of carbonyl (C=O) groups excluding carboxylic acids is 1. The maximum atomic E-state index is 12.5. The number of alkyl halides is 3. The average molecular weight is 330 g/mol. The SMILES string of the molecule is CS(=O)(=O)CCC(N)C(=O)NC1CCC(C(F)(F)F)CC1. The van der Waals surface area contributed by atoms with Crippen molar-refractivity contribution in [2.24, 2.45) is 11.7 Å². The van der Waals surface area contributed by atoms with Gasteiger partial charge in [0.1, 0.15) is 9.84 Å². The van der Waals surface area contributed by atoms with Crippen molar-refractivity contribution in [3.05, 3.63) is 0 Å². The van der Waals surface area contributed by atoms with Crippen LogP contribution < -0.4 is 11.1 Å². The zero-order valence-corrected chi connectivity index (χ0v) is 12.6. The predicted octanol–water partition coefficient (Wildman–Crippen LogP) is 0.986. The molecule has 0 aromatic carbocycles. The van der Waals surface area contributed by atoms with Crippen LogP contribution in [-0.2, 0) is 14.6 Å². The summed E-state index contributed by atoms with van der Waals surface area (Å²) in [6.45, 7) is 0. The van der Waals surface area contributed by atoms with E-state index < -0.39 is 33.9 Å². The second-order valence-electron chi connectivity index (χ2n) is 5.62. The molecule has 0 aromatic rings. The second-order valence-corrected chi connectivity index (χ2v) is 7.88. The fourth-order valence-electron chi connectivity index (χ4n) is 2.35. The fourth-order valence-corrected chi connectivity index (χ4v) is 3.03. The van der Waals surface area contributed by atoms with Crippen LogP contribution in [-0.4, -0.2) is 44.6 Å². The first-order valence-corrected chi connectivity index (χ1v) is 8.85. The lowest BCUT2D eigenvalue weighted by atomic mass is 9.85. The second kappa shape index (κ2) is 6.95. The van der Waals surface area contributed by atoms with Crippen LogP contribution >= 0.6 is 0 Å². The summed E-state index contributed by atoms with van der Waals surface area (Å²) in [5.74, 6) is -2.00. The standard InChI is InChI=1S/C12H21F3N2O3S/c1-21(19,20)7-6-10(16)11(18)17-9-4-2-8(3-5-9)12(13,14)15/h8-10H,2-7,16H2,1H3,(H,17,18). The van der Waals surface area contributed by atoms with Gasteiger partial charge in [-0.2, -0.15) is 13.2 Å². The quantitative estimate of drug-likeness (QED) is 0.786. The van der Waals surface area contributed by atoms with Crippen LogP contribution in [0.5, 0.6) is 0 Å². The van der Waals surface area contributed by atoms with Crippen LogP contribution in [0.2, 0.25) is 0 Å². The summed E-state index contributed by atoms with van der Waals surface area (Å²) < 4.78 is 59.5. The molecule has 9 heteroatoms.